The van der Waals surface area contributed by atoms with Crippen molar-refractivity contribution in [1.29, 1.82) is 15.8 Å². The molecule has 0 saturated carbocycles. The van der Waals surface area contributed by atoms with Crippen molar-refractivity contribution in [1.82, 2.24) is 0 Å². The minimum absolute atomic E-state index is 0.203. The fourth-order valence-corrected chi connectivity index (χ4v) is 2.87. The largest absolute Gasteiger partial charge is 0.296 e. The molecule has 0 bridgehead atoms. The van der Waals surface area contributed by atoms with E-state index in [1.165, 1.54) is 16.6 Å². The molecule has 0 N–H and O–H groups in total. The molecule has 0 unspecified atom stereocenters. The quantitative estimate of drug-likeness (QED) is 0.628. The van der Waals surface area contributed by atoms with E-state index in [4.69, 9.17) is 15.8 Å². The van der Waals surface area contributed by atoms with E-state index in [0.29, 0.717) is 0 Å². The monoisotopic (exact) mass is 305 g/mol. The van der Waals surface area contributed by atoms with Crippen LogP contribution in [-0.2, 0) is 10.9 Å². The second kappa shape index (κ2) is 8.58. The lowest BCUT2D eigenvalue weighted by atomic mass is 9.31. The summed E-state index contributed by atoms with van der Waals surface area (Å²) in [6.07, 6.45) is 0.227. The second-order valence-corrected chi connectivity index (χ2v) is 6.79. The number of nitrogens with zero attached hydrogens (tertiary/aromatic N) is 3. The van der Waals surface area contributed by atoms with Gasteiger partial charge in [0.25, 0.3) is 6.15 Å². The maximum Gasteiger partial charge on any atom is 0.296 e. The lowest BCUT2D eigenvalue weighted by molar-refractivity contribution is 1.38. The average molecular weight is 305 g/mol. The molecule has 2 rings (SSSR count). The summed E-state index contributed by atoms with van der Waals surface area (Å²) < 4.78 is 0. The third kappa shape index (κ3) is 5.02. The Balaban J connectivity index is 0.000000261. The summed E-state index contributed by atoms with van der Waals surface area (Å²) >= 11 is 0. The standard InChI is InChI=1S/C13H13S.C4H3BN3/c1-14(12-8-4-2-5-9-12)13-10-6-3-7-11-13;1-5(2-6,3-7)4-8/h2-11H,1H3;1H3/q+1;-1. The molecule has 2 aromatic rings. The first-order chi connectivity index (χ1) is 10.6. The first-order valence-electron chi connectivity index (χ1n) is 6.75. The van der Waals surface area contributed by atoms with Gasteiger partial charge in [-0.3, -0.25) is 0 Å². The van der Waals surface area contributed by atoms with Crippen LogP contribution in [0.25, 0.3) is 0 Å². The van der Waals surface area contributed by atoms with Crippen molar-refractivity contribution < 1.29 is 0 Å². The van der Waals surface area contributed by atoms with Crippen molar-refractivity contribution in [3.05, 3.63) is 60.7 Å². The van der Waals surface area contributed by atoms with Gasteiger partial charge in [-0.1, -0.05) is 36.4 Å². The van der Waals surface area contributed by atoms with Gasteiger partial charge in [0.05, 0.1) is 10.9 Å². The van der Waals surface area contributed by atoms with E-state index in [2.05, 4.69) is 66.9 Å². The fraction of sp³-hybridized carbons (Fsp3) is 0.118. The highest BCUT2D eigenvalue weighted by Gasteiger charge is 2.17. The summed E-state index contributed by atoms with van der Waals surface area (Å²) in [6, 6.07) is 21.3. The van der Waals surface area contributed by atoms with Gasteiger partial charge in [0.15, 0.2) is 9.79 Å². The number of hydrogen-bond acceptors (Lipinski definition) is 3. The van der Waals surface area contributed by atoms with Crippen LogP contribution in [0.4, 0.5) is 0 Å². The Morgan fingerprint density at radius 3 is 1.27 bits per heavy atom. The average Bonchev–Trinajstić information content (AvgIpc) is 2.62. The molecule has 0 fully saturated rings. The molecule has 0 heterocycles. The van der Waals surface area contributed by atoms with E-state index >= 15 is 0 Å². The molecule has 3 nitrogen and oxygen atoms in total. The van der Waals surface area contributed by atoms with Gasteiger partial charge < -0.3 is 0 Å². The van der Waals surface area contributed by atoms with Gasteiger partial charge in [-0.05, 0) is 24.3 Å². The van der Waals surface area contributed by atoms with Crippen LogP contribution in [0.2, 0.25) is 6.82 Å². The van der Waals surface area contributed by atoms with Crippen LogP contribution < -0.4 is 0 Å². The highest BCUT2D eigenvalue weighted by molar-refractivity contribution is 7.96. The van der Waals surface area contributed by atoms with Crippen molar-refractivity contribution in [2.24, 2.45) is 0 Å². The van der Waals surface area contributed by atoms with Gasteiger partial charge >= 0.3 is 0 Å². The van der Waals surface area contributed by atoms with Gasteiger partial charge in [0.2, 0.25) is 0 Å². The Morgan fingerprint density at radius 2 is 1.05 bits per heavy atom. The van der Waals surface area contributed by atoms with E-state index in [1.54, 1.807) is 17.9 Å². The molecule has 0 aliphatic carbocycles. The zero-order valence-electron chi connectivity index (χ0n) is 12.6. The Labute approximate surface area is 134 Å². The van der Waals surface area contributed by atoms with E-state index in [0.717, 1.165) is 0 Å². The molecule has 0 radical (unpaired) electrons. The topological polar surface area (TPSA) is 71.4 Å². The van der Waals surface area contributed by atoms with Crippen molar-refractivity contribution >= 4 is 17.0 Å². The van der Waals surface area contributed by atoms with Crippen LogP contribution in [0.3, 0.4) is 0 Å². The first kappa shape index (κ1) is 17.4. The number of rotatable bonds is 2. The van der Waals surface area contributed by atoms with Gasteiger partial charge in [-0.15, -0.1) is 17.9 Å². The highest BCUT2D eigenvalue weighted by Crippen LogP contribution is 2.19. The van der Waals surface area contributed by atoms with Crippen LogP contribution in [-0.4, -0.2) is 12.4 Å². The smallest absolute Gasteiger partial charge is 0.247 e. The molecule has 22 heavy (non-hydrogen) atoms. The molecule has 0 spiro atoms. The lowest BCUT2D eigenvalue weighted by Crippen LogP contribution is -2.23. The van der Waals surface area contributed by atoms with Crippen molar-refractivity contribution in [3.63, 3.8) is 0 Å². The van der Waals surface area contributed by atoms with Crippen molar-refractivity contribution in [2.75, 3.05) is 6.26 Å². The maximum absolute atomic E-state index is 8.12. The molecule has 2 aromatic carbocycles. The molecular weight excluding hydrogens is 289 g/mol. The number of benzene rings is 2. The molecule has 0 atom stereocenters. The zero-order chi connectivity index (χ0) is 16.4. The van der Waals surface area contributed by atoms with Crippen molar-refractivity contribution in [3.8, 4) is 17.9 Å². The van der Waals surface area contributed by atoms with Crippen LogP contribution in [0.15, 0.2) is 70.5 Å². The number of nitriles is 3. The Kier molecular flexibility index (Phi) is 6.77. The third-order valence-corrected chi connectivity index (χ3v) is 4.93. The molecule has 0 aliphatic heterocycles. The Morgan fingerprint density at radius 1 is 0.727 bits per heavy atom. The molecular formula is C17H16BN3S. The Hall–Kier alpha value is -2.68. The number of hydrogen-bond donors (Lipinski definition) is 0. The van der Waals surface area contributed by atoms with Gasteiger partial charge in [0.1, 0.15) is 6.26 Å². The molecule has 5 heteroatoms. The lowest BCUT2D eigenvalue weighted by Gasteiger charge is -2.01. The third-order valence-electron chi connectivity index (χ3n) is 2.97. The first-order valence-corrected chi connectivity index (χ1v) is 8.39. The minimum atomic E-state index is -2.04. The zero-order valence-corrected chi connectivity index (χ0v) is 13.4. The molecule has 0 aliphatic rings. The van der Waals surface area contributed by atoms with Crippen LogP contribution in [0, 0.1) is 33.7 Å². The fourth-order valence-electron chi connectivity index (χ4n) is 1.47. The van der Waals surface area contributed by atoms with Crippen LogP contribution in [0.1, 0.15) is 0 Å². The van der Waals surface area contributed by atoms with Crippen LogP contribution in [0.5, 0.6) is 0 Å². The van der Waals surface area contributed by atoms with Gasteiger partial charge in [-0.2, -0.15) is 6.82 Å². The minimum Gasteiger partial charge on any atom is -0.247 e. The van der Waals surface area contributed by atoms with E-state index in [1.807, 2.05) is 0 Å². The van der Waals surface area contributed by atoms with Gasteiger partial charge in [-0.25, -0.2) is 15.8 Å². The predicted octanol–water partition coefficient (Wildman–Crippen LogP) is 3.61. The second-order valence-electron chi connectivity index (χ2n) is 4.82. The summed E-state index contributed by atoms with van der Waals surface area (Å²) in [6.45, 7) is 1.33. The molecule has 0 saturated heterocycles. The van der Waals surface area contributed by atoms with E-state index in [9.17, 15) is 0 Å². The molecule has 108 valence electrons. The summed E-state index contributed by atoms with van der Waals surface area (Å²) in [4.78, 5) is 2.80. The predicted molar refractivity (Wildman–Crippen MR) is 91.2 cm³/mol. The van der Waals surface area contributed by atoms with Gasteiger partial charge in [0, 0.05) is 0 Å². The molecule has 0 aromatic heterocycles. The summed E-state index contributed by atoms with van der Waals surface area (Å²) in [7, 11) is 0.203. The van der Waals surface area contributed by atoms with Crippen LogP contribution >= 0.6 is 0 Å². The summed E-state index contributed by atoms with van der Waals surface area (Å²) in [5.74, 6) is 4.85. The summed E-state index contributed by atoms with van der Waals surface area (Å²) in [5, 5.41) is 24.4. The highest BCUT2D eigenvalue weighted by atomic mass is 32.2. The maximum atomic E-state index is 8.12. The van der Waals surface area contributed by atoms with Crippen molar-refractivity contribution in [2.45, 2.75) is 16.6 Å². The van der Waals surface area contributed by atoms with E-state index in [-0.39, 0.29) is 10.9 Å². The van der Waals surface area contributed by atoms with E-state index < -0.39 is 6.15 Å². The SMILES string of the molecule is C[B-](C#N)(C#N)C#N.C[S+](c1ccccc1)c1ccccc1. The molecule has 0 amide bonds. The normalized spacial score (nSPS) is 9.64. The Bertz CT molecular complexity index is 636. The summed E-state index contributed by atoms with van der Waals surface area (Å²) in [5.41, 5.74) is 0.